The highest BCUT2D eigenvalue weighted by molar-refractivity contribution is 7.45. The molecule has 0 spiro atoms. The maximum Gasteiger partial charge on any atom is -0.0347 e. The van der Waals surface area contributed by atoms with Gasteiger partial charge in [0.15, 0.2) is 0 Å². The highest BCUT2D eigenvalue weighted by Gasteiger charge is 1.97. The van der Waals surface area contributed by atoms with Gasteiger partial charge in [-0.25, -0.2) is 0 Å². The fraction of sp³-hybridized carbons (Fsp3) is 0.920. The fourth-order valence-corrected chi connectivity index (χ4v) is 8.46. The maximum absolute atomic E-state index is 2.44. The molecule has 0 fully saturated rings. The van der Waals surface area contributed by atoms with Gasteiger partial charge < -0.3 is 0 Å². The molecule has 0 bridgehead atoms. The van der Waals surface area contributed by atoms with Gasteiger partial charge >= 0.3 is 0 Å². The molecule has 0 saturated carbocycles. The summed E-state index contributed by atoms with van der Waals surface area (Å²) < 4.78 is 0. The summed E-state index contributed by atoms with van der Waals surface area (Å²) in [5, 5.41) is 0. The van der Waals surface area contributed by atoms with Crippen molar-refractivity contribution in [2.75, 3.05) is 0 Å². The van der Waals surface area contributed by atoms with E-state index in [4.69, 9.17) is 0 Å². The van der Waals surface area contributed by atoms with Crippen molar-refractivity contribution in [2.24, 2.45) is 0 Å². The topological polar surface area (TPSA) is 0 Å². The third-order valence-corrected chi connectivity index (χ3v) is 12.2. The molecule has 0 N–H and O–H groups in total. The molecular weight excluding hydrogens is 632 g/mol. The van der Waals surface area contributed by atoms with E-state index in [1.807, 2.05) is 0 Å². The summed E-state index contributed by atoms with van der Waals surface area (Å²) in [6, 6.07) is 0. The van der Waals surface area contributed by atoms with Crippen molar-refractivity contribution in [1.29, 1.82) is 0 Å². The summed E-state index contributed by atoms with van der Waals surface area (Å²) >= 11 is 0. The van der Waals surface area contributed by atoms with Crippen LogP contribution in [0.4, 0.5) is 0 Å². The van der Waals surface area contributed by atoms with Gasteiger partial charge in [0.25, 0.3) is 0 Å². The van der Waals surface area contributed by atoms with Crippen molar-refractivity contribution < 1.29 is 0 Å². The Balaban J connectivity index is 3.14. The molecule has 1 heteroatoms. The molecule has 0 heterocycles. The lowest BCUT2D eigenvalue weighted by Crippen LogP contribution is -1.84. The van der Waals surface area contributed by atoms with Crippen LogP contribution in [0.5, 0.6) is 0 Å². The monoisotopic (exact) mass is 731 g/mol. The van der Waals surface area contributed by atoms with E-state index < -0.39 is 0 Å². The van der Waals surface area contributed by atoms with Crippen molar-refractivity contribution in [3.05, 3.63) is 23.8 Å². The molecular formula is C50H99P. The first-order chi connectivity index (χ1) is 25.4. The van der Waals surface area contributed by atoms with E-state index in [1.165, 1.54) is 283 Å². The normalized spacial score (nSPS) is 12.2. The van der Waals surface area contributed by atoms with Crippen LogP contribution in [0.3, 0.4) is 0 Å². The van der Waals surface area contributed by atoms with Crippen molar-refractivity contribution in [1.82, 2.24) is 0 Å². The van der Waals surface area contributed by atoms with E-state index in [0.29, 0.717) is 0 Å². The van der Waals surface area contributed by atoms with Gasteiger partial charge in [-0.1, -0.05) is 303 Å². The molecule has 0 amide bonds. The third-order valence-electron chi connectivity index (χ3n) is 11.4. The van der Waals surface area contributed by atoms with Crippen molar-refractivity contribution in [2.45, 2.75) is 296 Å². The minimum Gasteiger partial charge on any atom is -0.0840 e. The predicted molar refractivity (Wildman–Crippen MR) is 241 cm³/mol. The number of rotatable bonds is 46. The zero-order valence-electron chi connectivity index (χ0n) is 35.9. The lowest BCUT2D eigenvalue weighted by Gasteiger charge is -2.04. The second kappa shape index (κ2) is 49.9. The quantitative estimate of drug-likeness (QED) is 0.0432. The van der Waals surface area contributed by atoms with Gasteiger partial charge in [0.05, 0.1) is 0 Å². The summed E-state index contributed by atoms with van der Waals surface area (Å²) in [4.78, 5) is 0. The smallest absolute Gasteiger partial charge is 0.0347 e. The molecule has 0 unspecified atom stereocenters. The molecule has 0 aromatic heterocycles. The molecule has 0 aliphatic rings. The second-order valence-electron chi connectivity index (χ2n) is 16.7. The first kappa shape index (κ1) is 50.9. The summed E-state index contributed by atoms with van der Waals surface area (Å²) in [7, 11) is 0.891. The lowest BCUT2D eigenvalue weighted by atomic mass is 10.0. The summed E-state index contributed by atoms with van der Waals surface area (Å²) in [6.45, 7) is 4.62. The highest BCUT2D eigenvalue weighted by atomic mass is 31.1. The van der Waals surface area contributed by atoms with Crippen LogP contribution >= 0.6 is 8.58 Å². The highest BCUT2D eigenvalue weighted by Crippen LogP contribution is 2.19. The van der Waals surface area contributed by atoms with Gasteiger partial charge in [-0.2, -0.15) is 0 Å². The number of allylic oxidation sites excluding steroid dienone is 2. The average molecular weight is 731 g/mol. The van der Waals surface area contributed by atoms with Gasteiger partial charge in [0.1, 0.15) is 0 Å². The Hall–Kier alpha value is -0.0900. The second-order valence-corrected chi connectivity index (χ2v) is 17.7. The van der Waals surface area contributed by atoms with Crippen LogP contribution in [-0.4, -0.2) is 0 Å². The Bertz CT molecular complexity index is 581. The van der Waals surface area contributed by atoms with E-state index in [-0.39, 0.29) is 0 Å². The molecule has 0 saturated heterocycles. The molecule has 0 atom stereocenters. The van der Waals surface area contributed by atoms with Crippen LogP contribution in [0, 0.1) is 0 Å². The maximum atomic E-state index is 2.44. The van der Waals surface area contributed by atoms with Gasteiger partial charge in [0.2, 0.25) is 0 Å². The van der Waals surface area contributed by atoms with Crippen molar-refractivity contribution in [3.8, 4) is 0 Å². The Labute approximate surface area is 327 Å². The first-order valence-corrected chi connectivity index (χ1v) is 25.6. The zero-order valence-corrected chi connectivity index (χ0v) is 36.9. The molecule has 0 aliphatic carbocycles. The lowest BCUT2D eigenvalue weighted by molar-refractivity contribution is 0.520. The first-order valence-electron chi connectivity index (χ1n) is 24.5. The van der Waals surface area contributed by atoms with E-state index in [1.54, 1.807) is 0 Å². The Kier molecular flexibility index (Phi) is 49.8. The van der Waals surface area contributed by atoms with Gasteiger partial charge in [0, 0.05) is 0 Å². The van der Waals surface area contributed by atoms with Crippen molar-refractivity contribution in [3.63, 3.8) is 0 Å². The van der Waals surface area contributed by atoms with Crippen LogP contribution in [0.1, 0.15) is 296 Å². The van der Waals surface area contributed by atoms with Crippen molar-refractivity contribution >= 4 is 8.58 Å². The number of hydrogen-bond donors (Lipinski definition) is 0. The standard InChI is InChI=1S/C50H99P/c1-3-5-7-9-11-13-15-17-19-21-23-25-27-29-31-33-35-37-39-41-43-45-47-49-51-50-48-46-44-42-40-38-36-34-32-30-28-26-24-22-20-18-16-14-12-10-8-6-4-2/h47-51H,3-46H2,1-2H3. The minimum absolute atomic E-state index is 0.891. The summed E-state index contributed by atoms with van der Waals surface area (Å²) in [5.74, 6) is 4.84. The molecule has 0 aromatic rings. The van der Waals surface area contributed by atoms with E-state index in [0.717, 1.165) is 8.58 Å². The molecule has 304 valence electrons. The van der Waals surface area contributed by atoms with E-state index in [9.17, 15) is 0 Å². The summed E-state index contributed by atoms with van der Waals surface area (Å²) in [5.41, 5.74) is 0. The van der Waals surface area contributed by atoms with Crippen LogP contribution < -0.4 is 0 Å². The molecule has 0 rings (SSSR count). The van der Waals surface area contributed by atoms with Crippen LogP contribution in [0.25, 0.3) is 0 Å². The molecule has 0 nitrogen and oxygen atoms in total. The van der Waals surface area contributed by atoms with Gasteiger partial charge in [-0.05, 0) is 25.7 Å². The molecule has 0 aliphatic heterocycles. The Morgan fingerprint density at radius 1 is 0.216 bits per heavy atom. The molecule has 51 heavy (non-hydrogen) atoms. The zero-order chi connectivity index (χ0) is 36.6. The Morgan fingerprint density at radius 2 is 0.373 bits per heavy atom. The van der Waals surface area contributed by atoms with Crippen LogP contribution in [0.15, 0.2) is 23.8 Å². The van der Waals surface area contributed by atoms with E-state index >= 15 is 0 Å². The third kappa shape index (κ3) is 49.9. The van der Waals surface area contributed by atoms with Crippen LogP contribution in [-0.2, 0) is 0 Å². The Morgan fingerprint density at radius 3 is 0.549 bits per heavy atom. The SMILES string of the molecule is CCCCCCCCCCCCCCCCCCCCCCCC=CPC=CCCCCCCCCCCCCCCCCCCCCCCC. The average Bonchev–Trinajstić information content (AvgIpc) is 3.14. The number of unbranched alkanes of at least 4 members (excludes halogenated alkanes) is 42. The van der Waals surface area contributed by atoms with Gasteiger partial charge in [-0.3, -0.25) is 0 Å². The fourth-order valence-electron chi connectivity index (χ4n) is 7.75. The number of hydrogen-bond acceptors (Lipinski definition) is 0. The van der Waals surface area contributed by atoms with E-state index in [2.05, 4.69) is 37.6 Å². The largest absolute Gasteiger partial charge is 0.0840 e. The van der Waals surface area contributed by atoms with Crippen LogP contribution in [0.2, 0.25) is 0 Å². The minimum atomic E-state index is 0.891. The van der Waals surface area contributed by atoms with Gasteiger partial charge in [-0.15, -0.1) is 0 Å². The summed E-state index contributed by atoms with van der Waals surface area (Å²) in [6.07, 6.45) is 69.0. The molecule has 0 radical (unpaired) electrons. The molecule has 0 aromatic carbocycles. The predicted octanol–water partition coefficient (Wildman–Crippen LogP) is 19.9.